The van der Waals surface area contributed by atoms with Crippen LogP contribution in [0.1, 0.15) is 26.5 Å². The Labute approximate surface area is 98.4 Å². The van der Waals surface area contributed by atoms with Gasteiger partial charge in [0.2, 0.25) is 0 Å². The Morgan fingerprint density at radius 1 is 1.44 bits per heavy atom. The smallest absolute Gasteiger partial charge is 0.0490 e. The Morgan fingerprint density at radius 2 is 2.19 bits per heavy atom. The molecule has 0 amide bonds. The Balaban J connectivity index is 2.12. The zero-order valence-corrected chi connectivity index (χ0v) is 10.7. The fourth-order valence-electron chi connectivity index (χ4n) is 1.81. The molecule has 0 saturated heterocycles. The molecule has 0 spiro atoms. The first-order valence-electron chi connectivity index (χ1n) is 6.20. The molecule has 16 heavy (non-hydrogen) atoms. The maximum Gasteiger partial charge on any atom is 0.0490 e. The topological polar surface area (TPSA) is 44.0 Å². The standard InChI is InChI=1S/C12H24N4/c1-4-16(5-2)10-11(3)13-8-6-12-7-9-14-15-12/h7,9,11,13H,4-6,8,10H2,1-3H3,(H,14,15). The van der Waals surface area contributed by atoms with Crippen molar-refractivity contribution < 1.29 is 0 Å². The SMILES string of the molecule is CCN(CC)CC(C)NCCc1ccn[nH]1. The minimum atomic E-state index is 0.544. The fraction of sp³-hybridized carbons (Fsp3) is 0.750. The summed E-state index contributed by atoms with van der Waals surface area (Å²) in [5, 5.41) is 10.4. The number of nitrogens with zero attached hydrogens (tertiary/aromatic N) is 2. The van der Waals surface area contributed by atoms with Crippen LogP contribution in [-0.4, -0.2) is 47.3 Å². The molecule has 0 aromatic carbocycles. The van der Waals surface area contributed by atoms with Crippen LogP contribution in [0.5, 0.6) is 0 Å². The third kappa shape index (κ3) is 4.77. The zero-order valence-electron chi connectivity index (χ0n) is 10.7. The number of nitrogens with one attached hydrogen (secondary N) is 2. The first-order valence-corrected chi connectivity index (χ1v) is 6.20. The van der Waals surface area contributed by atoms with Crippen LogP contribution >= 0.6 is 0 Å². The van der Waals surface area contributed by atoms with Crippen molar-refractivity contribution in [3.05, 3.63) is 18.0 Å². The normalized spacial score (nSPS) is 13.2. The molecule has 4 heteroatoms. The summed E-state index contributed by atoms with van der Waals surface area (Å²) >= 11 is 0. The molecule has 1 unspecified atom stereocenters. The average molecular weight is 224 g/mol. The van der Waals surface area contributed by atoms with E-state index in [4.69, 9.17) is 0 Å². The van der Waals surface area contributed by atoms with Crippen LogP contribution in [0.4, 0.5) is 0 Å². The van der Waals surface area contributed by atoms with Crippen LogP contribution in [0.15, 0.2) is 12.3 Å². The van der Waals surface area contributed by atoms with Crippen molar-refractivity contribution in [3.63, 3.8) is 0 Å². The van der Waals surface area contributed by atoms with Gasteiger partial charge in [0.15, 0.2) is 0 Å². The molecule has 2 N–H and O–H groups in total. The molecule has 4 nitrogen and oxygen atoms in total. The van der Waals surface area contributed by atoms with Crippen LogP contribution < -0.4 is 5.32 Å². The summed E-state index contributed by atoms with van der Waals surface area (Å²) < 4.78 is 0. The van der Waals surface area contributed by atoms with Gasteiger partial charge in [-0.3, -0.25) is 5.10 Å². The first kappa shape index (κ1) is 13.2. The van der Waals surface area contributed by atoms with Gasteiger partial charge in [-0.15, -0.1) is 0 Å². The average Bonchev–Trinajstić information content (AvgIpc) is 2.79. The van der Waals surface area contributed by atoms with Crippen LogP contribution in [0.2, 0.25) is 0 Å². The van der Waals surface area contributed by atoms with Gasteiger partial charge < -0.3 is 10.2 Å². The minimum Gasteiger partial charge on any atom is -0.313 e. The maximum atomic E-state index is 3.93. The van der Waals surface area contributed by atoms with Gasteiger partial charge in [-0.25, -0.2) is 0 Å². The van der Waals surface area contributed by atoms with Gasteiger partial charge in [0, 0.05) is 37.4 Å². The Kier molecular flexibility index (Phi) is 6.11. The Bertz CT molecular complexity index is 254. The highest BCUT2D eigenvalue weighted by Crippen LogP contribution is 1.94. The van der Waals surface area contributed by atoms with E-state index in [1.54, 1.807) is 6.20 Å². The van der Waals surface area contributed by atoms with Gasteiger partial charge in [0.1, 0.15) is 0 Å². The lowest BCUT2D eigenvalue weighted by Gasteiger charge is -2.23. The Hall–Kier alpha value is -0.870. The lowest BCUT2D eigenvalue weighted by Crippen LogP contribution is -2.39. The van der Waals surface area contributed by atoms with Crippen molar-refractivity contribution in [1.29, 1.82) is 0 Å². The van der Waals surface area contributed by atoms with Crippen LogP contribution in [-0.2, 0) is 6.42 Å². The summed E-state index contributed by atoms with van der Waals surface area (Å²) in [5.74, 6) is 0. The lowest BCUT2D eigenvalue weighted by molar-refractivity contribution is 0.272. The molecule has 0 aliphatic heterocycles. The van der Waals surface area contributed by atoms with E-state index in [-0.39, 0.29) is 0 Å². The van der Waals surface area contributed by atoms with Crippen LogP contribution in [0.3, 0.4) is 0 Å². The number of aromatic nitrogens is 2. The third-order valence-corrected chi connectivity index (χ3v) is 2.87. The van der Waals surface area contributed by atoms with Gasteiger partial charge in [0.25, 0.3) is 0 Å². The number of hydrogen-bond donors (Lipinski definition) is 2. The molecule has 0 fully saturated rings. The van der Waals surface area contributed by atoms with Gasteiger partial charge in [-0.1, -0.05) is 13.8 Å². The summed E-state index contributed by atoms with van der Waals surface area (Å²) in [5.41, 5.74) is 1.20. The minimum absolute atomic E-state index is 0.544. The van der Waals surface area contributed by atoms with Crippen LogP contribution in [0, 0.1) is 0 Å². The van der Waals surface area contributed by atoms with Gasteiger partial charge in [0.05, 0.1) is 0 Å². The van der Waals surface area contributed by atoms with Crippen molar-refractivity contribution in [2.45, 2.75) is 33.2 Å². The molecule has 1 aromatic rings. The number of hydrogen-bond acceptors (Lipinski definition) is 3. The second-order valence-electron chi connectivity index (χ2n) is 4.17. The summed E-state index contributed by atoms with van der Waals surface area (Å²) in [6.45, 7) is 11.0. The number of likely N-dealkylation sites (N-methyl/N-ethyl adjacent to an activating group) is 1. The van der Waals surface area contributed by atoms with E-state index in [9.17, 15) is 0 Å². The van der Waals surface area contributed by atoms with Gasteiger partial charge >= 0.3 is 0 Å². The summed E-state index contributed by atoms with van der Waals surface area (Å²) in [4.78, 5) is 2.44. The van der Waals surface area contributed by atoms with Crippen molar-refractivity contribution in [2.24, 2.45) is 0 Å². The highest BCUT2D eigenvalue weighted by Gasteiger charge is 2.06. The summed E-state index contributed by atoms with van der Waals surface area (Å²) in [7, 11) is 0. The molecular formula is C12H24N4. The maximum absolute atomic E-state index is 3.93. The number of H-pyrrole nitrogens is 1. The highest BCUT2D eigenvalue weighted by atomic mass is 15.1. The van der Waals surface area contributed by atoms with E-state index in [2.05, 4.69) is 41.2 Å². The Morgan fingerprint density at radius 3 is 2.75 bits per heavy atom. The van der Waals surface area contributed by atoms with Gasteiger partial charge in [-0.05, 0) is 26.1 Å². The summed E-state index contributed by atoms with van der Waals surface area (Å²) in [6, 6.07) is 2.57. The van der Waals surface area contributed by atoms with Crippen molar-refractivity contribution in [1.82, 2.24) is 20.4 Å². The molecule has 92 valence electrons. The number of aromatic amines is 1. The predicted octanol–water partition coefficient (Wildman–Crippen LogP) is 1.27. The molecule has 1 rings (SSSR count). The van der Waals surface area contributed by atoms with Crippen LogP contribution in [0.25, 0.3) is 0 Å². The van der Waals surface area contributed by atoms with E-state index in [0.717, 1.165) is 32.6 Å². The molecular weight excluding hydrogens is 200 g/mol. The van der Waals surface area contributed by atoms with E-state index >= 15 is 0 Å². The zero-order chi connectivity index (χ0) is 11.8. The summed E-state index contributed by atoms with van der Waals surface area (Å²) in [6.07, 6.45) is 2.82. The molecule has 1 heterocycles. The van der Waals surface area contributed by atoms with Crippen molar-refractivity contribution >= 4 is 0 Å². The molecule has 0 aliphatic carbocycles. The van der Waals surface area contributed by atoms with E-state index in [0.29, 0.717) is 6.04 Å². The molecule has 0 radical (unpaired) electrons. The molecule has 0 aliphatic rings. The third-order valence-electron chi connectivity index (χ3n) is 2.87. The van der Waals surface area contributed by atoms with Crippen molar-refractivity contribution in [3.8, 4) is 0 Å². The largest absolute Gasteiger partial charge is 0.313 e. The molecule has 0 saturated carbocycles. The molecule has 1 aromatic heterocycles. The van der Waals surface area contributed by atoms with E-state index in [1.165, 1.54) is 5.69 Å². The van der Waals surface area contributed by atoms with Crippen molar-refractivity contribution in [2.75, 3.05) is 26.2 Å². The quantitative estimate of drug-likeness (QED) is 0.699. The first-order chi connectivity index (χ1) is 7.76. The van der Waals surface area contributed by atoms with Gasteiger partial charge in [-0.2, -0.15) is 5.10 Å². The second-order valence-corrected chi connectivity index (χ2v) is 4.17. The number of rotatable bonds is 8. The van der Waals surface area contributed by atoms with E-state index < -0.39 is 0 Å². The highest BCUT2D eigenvalue weighted by molar-refractivity contribution is 4.97. The predicted molar refractivity (Wildman–Crippen MR) is 67.5 cm³/mol. The molecule has 1 atom stereocenters. The fourth-order valence-corrected chi connectivity index (χ4v) is 1.81. The lowest BCUT2D eigenvalue weighted by atomic mass is 10.2. The van der Waals surface area contributed by atoms with E-state index in [1.807, 2.05) is 6.07 Å². The monoisotopic (exact) mass is 224 g/mol. The second kappa shape index (κ2) is 7.41. The molecule has 0 bridgehead atoms.